The molecule has 4 heteroatoms. The Morgan fingerprint density at radius 2 is 1.95 bits per heavy atom. The van der Waals surface area contributed by atoms with E-state index in [2.05, 4.69) is 0 Å². The van der Waals surface area contributed by atoms with Crippen molar-refractivity contribution < 1.29 is 13.9 Å². The maximum atomic E-state index is 13.0. The van der Waals surface area contributed by atoms with Crippen LogP contribution in [0.4, 0.5) is 10.1 Å². The van der Waals surface area contributed by atoms with Crippen LogP contribution < -0.4 is 5.73 Å². The minimum atomic E-state index is -0.545. The SMILES string of the molecule is Cc1ccc(C)c(COC(=O)c2ccc(F)c(N)c2)c1. The molecule has 2 rings (SSSR count). The number of ether oxygens (including phenoxy) is 1. The molecule has 104 valence electrons. The number of esters is 1. The molecule has 0 amide bonds. The number of rotatable bonds is 3. The summed E-state index contributed by atoms with van der Waals surface area (Å²) in [6.07, 6.45) is 0. The van der Waals surface area contributed by atoms with Crippen LogP contribution in [-0.2, 0) is 11.3 Å². The number of carbonyl (C=O) groups is 1. The van der Waals surface area contributed by atoms with Gasteiger partial charge in [-0.1, -0.05) is 23.8 Å². The van der Waals surface area contributed by atoms with Gasteiger partial charge in [0.05, 0.1) is 11.3 Å². The second-order valence-corrected chi connectivity index (χ2v) is 4.74. The Kier molecular flexibility index (Phi) is 4.03. The van der Waals surface area contributed by atoms with Gasteiger partial charge in [-0.25, -0.2) is 9.18 Å². The molecule has 3 nitrogen and oxygen atoms in total. The third kappa shape index (κ3) is 3.15. The number of hydrogen-bond acceptors (Lipinski definition) is 3. The van der Waals surface area contributed by atoms with Gasteiger partial charge in [0.15, 0.2) is 0 Å². The lowest BCUT2D eigenvalue weighted by Gasteiger charge is -2.09. The first-order chi connectivity index (χ1) is 9.47. The Hall–Kier alpha value is -2.36. The molecule has 0 atom stereocenters. The maximum Gasteiger partial charge on any atom is 0.338 e. The van der Waals surface area contributed by atoms with Gasteiger partial charge in [0.25, 0.3) is 0 Å². The van der Waals surface area contributed by atoms with E-state index in [0.717, 1.165) is 22.8 Å². The van der Waals surface area contributed by atoms with E-state index in [1.54, 1.807) is 0 Å². The molecule has 0 bridgehead atoms. The van der Waals surface area contributed by atoms with Crippen LogP contribution in [0.3, 0.4) is 0 Å². The van der Waals surface area contributed by atoms with Crippen molar-refractivity contribution in [2.45, 2.75) is 20.5 Å². The molecule has 0 heterocycles. The average Bonchev–Trinajstić information content (AvgIpc) is 2.42. The van der Waals surface area contributed by atoms with E-state index in [4.69, 9.17) is 10.5 Å². The topological polar surface area (TPSA) is 52.3 Å². The summed E-state index contributed by atoms with van der Waals surface area (Å²) in [6.45, 7) is 4.12. The Balaban J connectivity index is 2.08. The Bertz CT molecular complexity index is 653. The molecule has 0 radical (unpaired) electrons. The highest BCUT2D eigenvalue weighted by molar-refractivity contribution is 5.90. The zero-order valence-corrected chi connectivity index (χ0v) is 11.4. The van der Waals surface area contributed by atoms with Gasteiger partial charge < -0.3 is 10.5 Å². The van der Waals surface area contributed by atoms with Crippen LogP contribution in [-0.4, -0.2) is 5.97 Å². The Morgan fingerprint density at radius 1 is 1.20 bits per heavy atom. The molecule has 0 aliphatic heterocycles. The minimum Gasteiger partial charge on any atom is -0.457 e. The van der Waals surface area contributed by atoms with Gasteiger partial charge >= 0.3 is 5.97 Å². The highest BCUT2D eigenvalue weighted by Crippen LogP contribution is 2.15. The summed E-state index contributed by atoms with van der Waals surface area (Å²) in [6, 6.07) is 9.75. The van der Waals surface area contributed by atoms with Crippen LogP contribution in [0.5, 0.6) is 0 Å². The predicted molar refractivity (Wildman–Crippen MR) is 75.8 cm³/mol. The minimum absolute atomic E-state index is 0.0637. The zero-order valence-electron chi connectivity index (χ0n) is 11.4. The summed E-state index contributed by atoms with van der Waals surface area (Å²) in [5.74, 6) is -1.06. The van der Waals surface area contributed by atoms with E-state index < -0.39 is 11.8 Å². The Morgan fingerprint density at radius 3 is 2.65 bits per heavy atom. The van der Waals surface area contributed by atoms with E-state index in [1.807, 2.05) is 32.0 Å². The molecular weight excluding hydrogens is 257 g/mol. The molecule has 0 unspecified atom stereocenters. The summed E-state index contributed by atoms with van der Waals surface area (Å²) in [5, 5.41) is 0. The molecule has 2 N–H and O–H groups in total. The van der Waals surface area contributed by atoms with Crippen molar-refractivity contribution in [3.8, 4) is 0 Å². The monoisotopic (exact) mass is 273 g/mol. The number of benzene rings is 2. The number of halogens is 1. The number of nitrogen functional groups attached to an aromatic ring is 1. The van der Waals surface area contributed by atoms with Gasteiger partial charge in [0.2, 0.25) is 0 Å². The summed E-state index contributed by atoms with van der Waals surface area (Å²) < 4.78 is 18.3. The van der Waals surface area contributed by atoms with E-state index in [9.17, 15) is 9.18 Å². The van der Waals surface area contributed by atoms with Crippen molar-refractivity contribution in [3.63, 3.8) is 0 Å². The maximum absolute atomic E-state index is 13.0. The quantitative estimate of drug-likeness (QED) is 0.689. The molecule has 0 spiro atoms. The van der Waals surface area contributed by atoms with Gasteiger partial charge in [0, 0.05) is 0 Å². The smallest absolute Gasteiger partial charge is 0.338 e. The van der Waals surface area contributed by atoms with Crippen molar-refractivity contribution in [1.82, 2.24) is 0 Å². The Labute approximate surface area is 117 Å². The predicted octanol–water partition coefficient (Wildman–Crippen LogP) is 3.38. The largest absolute Gasteiger partial charge is 0.457 e. The second-order valence-electron chi connectivity index (χ2n) is 4.74. The zero-order chi connectivity index (χ0) is 14.7. The van der Waals surface area contributed by atoms with Gasteiger partial charge in [0.1, 0.15) is 12.4 Å². The highest BCUT2D eigenvalue weighted by Gasteiger charge is 2.10. The van der Waals surface area contributed by atoms with Crippen LogP contribution >= 0.6 is 0 Å². The third-order valence-electron chi connectivity index (χ3n) is 3.10. The number of hydrogen-bond donors (Lipinski definition) is 1. The van der Waals surface area contributed by atoms with Crippen LogP contribution in [0.25, 0.3) is 0 Å². The van der Waals surface area contributed by atoms with Crippen molar-refractivity contribution in [3.05, 3.63) is 64.5 Å². The standard InChI is InChI=1S/C16H16FNO2/c1-10-3-4-11(2)13(7-10)9-20-16(19)12-5-6-14(17)15(18)8-12/h3-8H,9,18H2,1-2H3. The van der Waals surface area contributed by atoms with Gasteiger partial charge in [-0.15, -0.1) is 0 Å². The molecule has 2 aromatic rings. The summed E-state index contributed by atoms with van der Waals surface area (Å²) in [7, 11) is 0. The van der Waals surface area contributed by atoms with E-state index >= 15 is 0 Å². The first-order valence-electron chi connectivity index (χ1n) is 6.25. The first-order valence-corrected chi connectivity index (χ1v) is 6.25. The summed E-state index contributed by atoms with van der Waals surface area (Å²) >= 11 is 0. The number of anilines is 1. The van der Waals surface area contributed by atoms with E-state index in [-0.39, 0.29) is 17.9 Å². The molecule has 0 saturated carbocycles. The molecule has 0 aliphatic carbocycles. The van der Waals surface area contributed by atoms with Crippen molar-refractivity contribution in [1.29, 1.82) is 0 Å². The van der Waals surface area contributed by atoms with Crippen LogP contribution in [0, 0.1) is 19.7 Å². The normalized spacial score (nSPS) is 10.3. The summed E-state index contributed by atoms with van der Waals surface area (Å²) in [5.41, 5.74) is 8.72. The fraction of sp³-hybridized carbons (Fsp3) is 0.188. The lowest BCUT2D eigenvalue weighted by molar-refractivity contribution is 0.0472. The van der Waals surface area contributed by atoms with Crippen molar-refractivity contribution in [2.24, 2.45) is 0 Å². The van der Waals surface area contributed by atoms with Crippen LogP contribution in [0.2, 0.25) is 0 Å². The van der Waals surface area contributed by atoms with Crippen molar-refractivity contribution >= 4 is 11.7 Å². The third-order valence-corrected chi connectivity index (χ3v) is 3.10. The molecular formula is C16H16FNO2. The lowest BCUT2D eigenvalue weighted by Crippen LogP contribution is -2.07. The lowest BCUT2D eigenvalue weighted by atomic mass is 10.1. The number of nitrogens with two attached hydrogens (primary N) is 1. The summed E-state index contributed by atoms with van der Waals surface area (Å²) in [4.78, 5) is 11.9. The first kappa shape index (κ1) is 14.1. The van der Waals surface area contributed by atoms with Gasteiger partial charge in [-0.2, -0.15) is 0 Å². The molecule has 2 aromatic carbocycles. The fourth-order valence-corrected chi connectivity index (χ4v) is 1.85. The number of carbonyl (C=O) groups excluding carboxylic acids is 1. The molecule has 0 saturated heterocycles. The van der Waals surface area contributed by atoms with E-state index in [1.165, 1.54) is 12.1 Å². The average molecular weight is 273 g/mol. The second kappa shape index (κ2) is 5.74. The molecule has 0 aliphatic rings. The molecule has 20 heavy (non-hydrogen) atoms. The van der Waals surface area contributed by atoms with Gasteiger partial charge in [-0.3, -0.25) is 0 Å². The molecule has 0 aromatic heterocycles. The van der Waals surface area contributed by atoms with Crippen LogP contribution in [0.1, 0.15) is 27.0 Å². The molecule has 0 fully saturated rings. The fourth-order valence-electron chi connectivity index (χ4n) is 1.85. The van der Waals surface area contributed by atoms with E-state index in [0.29, 0.717) is 0 Å². The van der Waals surface area contributed by atoms with Crippen LogP contribution in [0.15, 0.2) is 36.4 Å². The van der Waals surface area contributed by atoms with Gasteiger partial charge in [-0.05, 0) is 43.2 Å². The van der Waals surface area contributed by atoms with Crippen molar-refractivity contribution in [2.75, 3.05) is 5.73 Å². The highest BCUT2D eigenvalue weighted by atomic mass is 19.1. The number of aryl methyl sites for hydroxylation is 2.